The van der Waals surface area contributed by atoms with E-state index in [0.29, 0.717) is 11.4 Å². The van der Waals surface area contributed by atoms with E-state index in [1.165, 1.54) is 6.42 Å². The molecular weight excluding hydrogens is 214 g/mol. The van der Waals surface area contributed by atoms with Gasteiger partial charge in [-0.3, -0.25) is 0 Å². The number of nitrogens with one attached hydrogen (secondary N) is 1. The number of phenols is 1. The molecule has 0 saturated carbocycles. The Morgan fingerprint density at radius 1 is 1.35 bits per heavy atom. The van der Waals surface area contributed by atoms with Crippen molar-refractivity contribution in [2.45, 2.75) is 12.8 Å². The minimum absolute atomic E-state index is 0.232. The van der Waals surface area contributed by atoms with Gasteiger partial charge in [0.1, 0.15) is 17.6 Å². The predicted octanol–water partition coefficient (Wildman–Crippen LogP) is 1.49. The smallest absolute Gasteiger partial charge is 0.141 e. The first-order valence-electron chi connectivity index (χ1n) is 5.97. The molecule has 88 valence electrons. The number of aromatic hydroxyl groups is 1. The third-order valence-electron chi connectivity index (χ3n) is 3.37. The zero-order valence-electron chi connectivity index (χ0n) is 9.56. The number of para-hydroxylation sites is 1. The molecule has 2 heterocycles. The van der Waals surface area contributed by atoms with Crippen LogP contribution in [0.3, 0.4) is 0 Å². The van der Waals surface area contributed by atoms with E-state index in [9.17, 15) is 5.11 Å². The van der Waals surface area contributed by atoms with E-state index in [-0.39, 0.29) is 5.75 Å². The molecule has 1 atom stereocenters. The molecule has 3 rings (SSSR count). The van der Waals surface area contributed by atoms with Crippen molar-refractivity contribution in [1.82, 2.24) is 15.3 Å². The van der Waals surface area contributed by atoms with Gasteiger partial charge in [-0.2, -0.15) is 0 Å². The summed E-state index contributed by atoms with van der Waals surface area (Å²) >= 11 is 0. The molecular formula is C13H15N3O. The van der Waals surface area contributed by atoms with Crippen LogP contribution in [0.1, 0.15) is 12.1 Å². The number of benzene rings is 1. The van der Waals surface area contributed by atoms with E-state index in [2.05, 4.69) is 15.3 Å². The fourth-order valence-corrected chi connectivity index (χ4v) is 2.45. The number of rotatable bonds is 2. The van der Waals surface area contributed by atoms with Crippen LogP contribution in [0.5, 0.6) is 5.75 Å². The van der Waals surface area contributed by atoms with Gasteiger partial charge < -0.3 is 10.4 Å². The van der Waals surface area contributed by atoms with Crippen LogP contribution in [0.15, 0.2) is 24.5 Å². The van der Waals surface area contributed by atoms with Gasteiger partial charge in [-0.25, -0.2) is 9.97 Å². The van der Waals surface area contributed by atoms with Gasteiger partial charge in [-0.1, -0.05) is 12.1 Å². The lowest BCUT2D eigenvalue weighted by atomic mass is 10.00. The van der Waals surface area contributed by atoms with Crippen LogP contribution in [-0.4, -0.2) is 28.2 Å². The topological polar surface area (TPSA) is 58.0 Å². The molecule has 1 saturated heterocycles. The molecule has 0 amide bonds. The van der Waals surface area contributed by atoms with Crippen LogP contribution in [0.2, 0.25) is 0 Å². The lowest BCUT2D eigenvalue weighted by Gasteiger charge is -2.10. The fourth-order valence-electron chi connectivity index (χ4n) is 2.45. The largest absolute Gasteiger partial charge is 0.506 e. The summed E-state index contributed by atoms with van der Waals surface area (Å²) in [4.78, 5) is 8.50. The first kappa shape index (κ1) is 10.5. The maximum absolute atomic E-state index is 9.75. The van der Waals surface area contributed by atoms with Crippen LogP contribution >= 0.6 is 0 Å². The molecule has 17 heavy (non-hydrogen) atoms. The third kappa shape index (κ3) is 1.96. The molecule has 1 unspecified atom stereocenters. The summed E-state index contributed by atoms with van der Waals surface area (Å²) in [6.07, 6.45) is 3.69. The van der Waals surface area contributed by atoms with E-state index in [4.69, 9.17) is 0 Å². The monoisotopic (exact) mass is 229 g/mol. The van der Waals surface area contributed by atoms with Gasteiger partial charge in [-0.15, -0.1) is 0 Å². The number of hydrogen-bond donors (Lipinski definition) is 2. The van der Waals surface area contributed by atoms with Gasteiger partial charge in [0.15, 0.2) is 0 Å². The van der Waals surface area contributed by atoms with Crippen molar-refractivity contribution >= 4 is 10.9 Å². The van der Waals surface area contributed by atoms with E-state index in [0.717, 1.165) is 30.6 Å². The number of fused-ring (bicyclic) bond motifs is 1. The quantitative estimate of drug-likeness (QED) is 0.819. The van der Waals surface area contributed by atoms with E-state index in [1.807, 2.05) is 12.1 Å². The zero-order chi connectivity index (χ0) is 11.7. The lowest BCUT2D eigenvalue weighted by molar-refractivity contribution is 0.480. The highest BCUT2D eigenvalue weighted by molar-refractivity contribution is 5.85. The van der Waals surface area contributed by atoms with Crippen LogP contribution in [0, 0.1) is 5.92 Å². The van der Waals surface area contributed by atoms with Crippen LogP contribution in [-0.2, 0) is 6.42 Å². The van der Waals surface area contributed by atoms with Crippen molar-refractivity contribution in [3.8, 4) is 5.75 Å². The van der Waals surface area contributed by atoms with Crippen LogP contribution < -0.4 is 5.32 Å². The summed E-state index contributed by atoms with van der Waals surface area (Å²) < 4.78 is 0. The summed E-state index contributed by atoms with van der Waals surface area (Å²) in [6, 6.07) is 5.49. The molecule has 2 N–H and O–H groups in total. The van der Waals surface area contributed by atoms with Gasteiger partial charge >= 0.3 is 0 Å². The Bertz CT molecular complexity index is 535. The van der Waals surface area contributed by atoms with Crippen molar-refractivity contribution in [1.29, 1.82) is 0 Å². The van der Waals surface area contributed by atoms with E-state index < -0.39 is 0 Å². The normalized spacial score (nSPS) is 19.9. The molecule has 0 aliphatic carbocycles. The minimum Gasteiger partial charge on any atom is -0.506 e. The van der Waals surface area contributed by atoms with Gasteiger partial charge in [0.05, 0.1) is 5.69 Å². The molecule has 0 spiro atoms. The molecule has 1 aromatic carbocycles. The number of aromatic nitrogens is 2. The minimum atomic E-state index is 0.232. The van der Waals surface area contributed by atoms with Crippen molar-refractivity contribution < 1.29 is 5.11 Å². The number of nitrogens with zero attached hydrogens (tertiary/aromatic N) is 2. The fraction of sp³-hybridized carbons (Fsp3) is 0.385. The van der Waals surface area contributed by atoms with Gasteiger partial charge in [0, 0.05) is 5.39 Å². The highest BCUT2D eigenvalue weighted by Crippen LogP contribution is 2.25. The van der Waals surface area contributed by atoms with E-state index in [1.54, 1.807) is 12.4 Å². The Hall–Kier alpha value is -1.68. The number of hydrogen-bond acceptors (Lipinski definition) is 4. The second-order valence-electron chi connectivity index (χ2n) is 4.56. The molecule has 0 radical (unpaired) electrons. The zero-order valence-corrected chi connectivity index (χ0v) is 9.56. The van der Waals surface area contributed by atoms with Gasteiger partial charge in [-0.05, 0) is 37.9 Å². The molecule has 0 bridgehead atoms. The summed E-state index contributed by atoms with van der Waals surface area (Å²) in [5.41, 5.74) is 1.70. The van der Waals surface area contributed by atoms with Crippen LogP contribution in [0.25, 0.3) is 10.9 Å². The SMILES string of the molecule is Oc1cccc2c(CC3CCNC3)ncnc12. The summed E-state index contributed by atoms with van der Waals surface area (Å²) in [5, 5.41) is 14.1. The average molecular weight is 229 g/mol. The average Bonchev–Trinajstić information content (AvgIpc) is 2.83. The molecule has 1 aromatic heterocycles. The Labute approximate surface area is 99.7 Å². The lowest BCUT2D eigenvalue weighted by Crippen LogP contribution is -2.11. The summed E-state index contributed by atoms with van der Waals surface area (Å²) in [5.74, 6) is 0.881. The highest BCUT2D eigenvalue weighted by atomic mass is 16.3. The van der Waals surface area contributed by atoms with Crippen molar-refractivity contribution in [2.24, 2.45) is 5.92 Å². The molecule has 4 heteroatoms. The van der Waals surface area contributed by atoms with Gasteiger partial charge in [0.2, 0.25) is 0 Å². The number of phenolic OH excluding ortho intramolecular Hbond substituents is 1. The second-order valence-corrected chi connectivity index (χ2v) is 4.56. The maximum atomic E-state index is 9.75. The highest BCUT2D eigenvalue weighted by Gasteiger charge is 2.17. The molecule has 1 fully saturated rings. The third-order valence-corrected chi connectivity index (χ3v) is 3.37. The van der Waals surface area contributed by atoms with E-state index >= 15 is 0 Å². The summed E-state index contributed by atoms with van der Waals surface area (Å²) in [6.45, 7) is 2.16. The second kappa shape index (κ2) is 4.30. The first-order valence-corrected chi connectivity index (χ1v) is 5.97. The maximum Gasteiger partial charge on any atom is 0.141 e. The molecule has 1 aliphatic heterocycles. The molecule has 4 nitrogen and oxygen atoms in total. The predicted molar refractivity (Wildman–Crippen MR) is 65.9 cm³/mol. The Morgan fingerprint density at radius 2 is 2.29 bits per heavy atom. The Morgan fingerprint density at radius 3 is 3.12 bits per heavy atom. The van der Waals surface area contributed by atoms with Crippen molar-refractivity contribution in [2.75, 3.05) is 13.1 Å². The van der Waals surface area contributed by atoms with Crippen molar-refractivity contribution in [3.63, 3.8) is 0 Å². The van der Waals surface area contributed by atoms with Crippen molar-refractivity contribution in [3.05, 3.63) is 30.2 Å². The standard InChI is InChI=1S/C13H15N3O/c17-12-3-1-2-10-11(15-8-16-13(10)12)6-9-4-5-14-7-9/h1-3,8-9,14,17H,4-7H2. The molecule has 1 aliphatic rings. The Kier molecular flexibility index (Phi) is 2.65. The van der Waals surface area contributed by atoms with Crippen LogP contribution in [0.4, 0.5) is 0 Å². The van der Waals surface area contributed by atoms with Gasteiger partial charge in [0.25, 0.3) is 0 Å². The molecule has 2 aromatic rings. The summed E-state index contributed by atoms with van der Waals surface area (Å²) in [7, 11) is 0. The first-order chi connectivity index (χ1) is 8.34. The Balaban J connectivity index is 2.01.